The molecule has 0 radical (unpaired) electrons. The van der Waals surface area contributed by atoms with Crippen molar-refractivity contribution in [3.8, 4) is 11.9 Å². The van der Waals surface area contributed by atoms with Crippen LogP contribution in [0.15, 0.2) is 30.5 Å². The number of halogens is 2. The van der Waals surface area contributed by atoms with Crippen molar-refractivity contribution < 1.29 is 27.8 Å². The number of benzene rings is 1. The molecule has 2 aliphatic rings. The summed E-state index contributed by atoms with van der Waals surface area (Å²) in [5.74, 6) is -2.03. The van der Waals surface area contributed by atoms with Crippen molar-refractivity contribution in [1.29, 1.82) is 5.26 Å². The smallest absolute Gasteiger partial charge is 0.410 e. The van der Waals surface area contributed by atoms with E-state index in [1.165, 1.54) is 24.4 Å². The standard InChI is InChI=1S/C24H26F2N4O4/c1-24(2,3)34-23(31)30-10-15-12-32-13-16(11-30)21(15)33-22-20(26)19(6-7-28-22)29-18-5-4-14(9-27)8-17(18)25/h4-8,15-16,21H,10-13H2,1-3H3,(H,28,29). The Kier molecular flexibility index (Phi) is 6.57. The van der Waals surface area contributed by atoms with Gasteiger partial charge >= 0.3 is 6.09 Å². The van der Waals surface area contributed by atoms with Gasteiger partial charge in [-0.15, -0.1) is 0 Å². The van der Waals surface area contributed by atoms with Gasteiger partial charge in [-0.1, -0.05) is 0 Å². The minimum absolute atomic E-state index is 0.0128. The molecule has 0 saturated carbocycles. The fraction of sp³-hybridized carbons (Fsp3) is 0.458. The number of pyridine rings is 1. The van der Waals surface area contributed by atoms with Crippen molar-refractivity contribution in [3.63, 3.8) is 0 Å². The van der Waals surface area contributed by atoms with Crippen LogP contribution in [0.25, 0.3) is 0 Å². The molecule has 1 aromatic carbocycles. The molecule has 2 bridgehead atoms. The van der Waals surface area contributed by atoms with Crippen molar-refractivity contribution >= 4 is 17.5 Å². The van der Waals surface area contributed by atoms with Gasteiger partial charge in [-0.3, -0.25) is 0 Å². The Morgan fingerprint density at radius 3 is 2.53 bits per heavy atom. The number of nitrogens with one attached hydrogen (secondary N) is 1. The minimum atomic E-state index is -0.764. The van der Waals surface area contributed by atoms with E-state index in [9.17, 15) is 9.18 Å². The van der Waals surface area contributed by atoms with E-state index in [0.717, 1.165) is 6.07 Å². The highest BCUT2D eigenvalue weighted by atomic mass is 19.1. The number of hydrogen-bond donors (Lipinski definition) is 1. The number of amides is 1. The Labute approximate surface area is 196 Å². The van der Waals surface area contributed by atoms with Crippen molar-refractivity contribution in [3.05, 3.63) is 47.7 Å². The normalized spacial score (nSPS) is 22.0. The zero-order chi connectivity index (χ0) is 24.5. The highest BCUT2D eigenvalue weighted by Crippen LogP contribution is 2.34. The summed E-state index contributed by atoms with van der Waals surface area (Å²) >= 11 is 0. The molecule has 2 unspecified atom stereocenters. The largest absolute Gasteiger partial charge is 0.471 e. The van der Waals surface area contributed by atoms with Gasteiger partial charge in [0.1, 0.15) is 17.5 Å². The topological polar surface area (TPSA) is 96.7 Å². The number of piperidine rings is 1. The predicted octanol–water partition coefficient (Wildman–Crippen LogP) is 4.24. The molecule has 2 atom stereocenters. The van der Waals surface area contributed by atoms with Gasteiger partial charge in [0.05, 0.1) is 36.2 Å². The van der Waals surface area contributed by atoms with Gasteiger partial charge in [0.25, 0.3) is 5.88 Å². The number of nitriles is 1. The van der Waals surface area contributed by atoms with Crippen LogP contribution >= 0.6 is 0 Å². The molecule has 2 saturated heterocycles. The van der Waals surface area contributed by atoms with Crippen LogP contribution in [-0.2, 0) is 9.47 Å². The number of carbonyl (C=O) groups is 1. The number of carbonyl (C=O) groups excluding carboxylic acids is 1. The highest BCUT2D eigenvalue weighted by Gasteiger charge is 2.44. The van der Waals surface area contributed by atoms with Gasteiger partial charge in [0, 0.05) is 31.1 Å². The maximum Gasteiger partial charge on any atom is 0.410 e. The molecule has 2 aromatic rings. The van der Waals surface area contributed by atoms with E-state index in [-0.39, 0.29) is 34.7 Å². The molecule has 1 N–H and O–H groups in total. The third kappa shape index (κ3) is 5.20. The van der Waals surface area contributed by atoms with Crippen LogP contribution in [-0.4, -0.2) is 54.0 Å². The third-order valence-corrected chi connectivity index (χ3v) is 5.63. The maximum absolute atomic E-state index is 15.2. The first-order valence-corrected chi connectivity index (χ1v) is 11.0. The summed E-state index contributed by atoms with van der Waals surface area (Å²) in [6.45, 7) is 6.85. The van der Waals surface area contributed by atoms with Crippen LogP contribution < -0.4 is 10.1 Å². The number of ether oxygens (including phenoxy) is 3. The average molecular weight is 472 g/mol. The van der Waals surface area contributed by atoms with Crippen LogP contribution in [0.4, 0.5) is 25.0 Å². The molecule has 180 valence electrons. The molecule has 1 amide bonds. The molecule has 10 heteroatoms. The summed E-state index contributed by atoms with van der Waals surface area (Å²) in [5.41, 5.74) is -0.439. The molecular formula is C24H26F2N4O4. The van der Waals surface area contributed by atoms with Gasteiger partial charge in [0.15, 0.2) is 0 Å². The summed E-state index contributed by atoms with van der Waals surface area (Å²) in [5, 5.41) is 11.6. The van der Waals surface area contributed by atoms with Gasteiger partial charge in [-0.2, -0.15) is 9.65 Å². The summed E-state index contributed by atoms with van der Waals surface area (Å²) in [7, 11) is 0. The van der Waals surface area contributed by atoms with Crippen molar-refractivity contribution in [2.45, 2.75) is 32.5 Å². The number of aromatic nitrogens is 1. The molecule has 2 fully saturated rings. The van der Waals surface area contributed by atoms with Crippen molar-refractivity contribution in [2.75, 3.05) is 31.6 Å². The molecule has 1 aromatic heterocycles. The van der Waals surface area contributed by atoms with E-state index in [2.05, 4.69) is 10.3 Å². The first-order valence-electron chi connectivity index (χ1n) is 11.0. The van der Waals surface area contributed by atoms with Crippen LogP contribution in [0.2, 0.25) is 0 Å². The SMILES string of the molecule is CC(C)(C)OC(=O)N1CC2COCC(C1)C2Oc1nccc(Nc2ccc(C#N)cc2F)c1F. The fourth-order valence-electron chi connectivity index (χ4n) is 4.13. The van der Waals surface area contributed by atoms with Crippen LogP contribution in [0, 0.1) is 34.8 Å². The van der Waals surface area contributed by atoms with E-state index >= 15 is 4.39 Å². The van der Waals surface area contributed by atoms with Crippen LogP contribution in [0.5, 0.6) is 5.88 Å². The molecule has 8 nitrogen and oxygen atoms in total. The molecule has 34 heavy (non-hydrogen) atoms. The second-order valence-electron chi connectivity index (χ2n) is 9.43. The third-order valence-electron chi connectivity index (χ3n) is 5.63. The zero-order valence-corrected chi connectivity index (χ0v) is 19.2. The number of hydrogen-bond acceptors (Lipinski definition) is 7. The van der Waals surface area contributed by atoms with Crippen LogP contribution in [0.3, 0.4) is 0 Å². The minimum Gasteiger partial charge on any atom is -0.471 e. The number of anilines is 2. The Balaban J connectivity index is 1.49. The number of likely N-dealkylation sites (tertiary alicyclic amines) is 1. The lowest BCUT2D eigenvalue weighted by Crippen LogP contribution is -2.59. The van der Waals surface area contributed by atoms with Crippen molar-refractivity contribution in [1.82, 2.24) is 9.88 Å². The Morgan fingerprint density at radius 2 is 1.91 bits per heavy atom. The van der Waals surface area contributed by atoms with E-state index in [4.69, 9.17) is 19.5 Å². The molecule has 0 spiro atoms. The van der Waals surface area contributed by atoms with Crippen molar-refractivity contribution in [2.24, 2.45) is 11.8 Å². The highest BCUT2D eigenvalue weighted by molar-refractivity contribution is 5.68. The molecule has 4 rings (SSSR count). The first kappa shape index (κ1) is 23.7. The van der Waals surface area contributed by atoms with Crippen LogP contribution in [0.1, 0.15) is 26.3 Å². The Morgan fingerprint density at radius 1 is 1.21 bits per heavy atom. The quantitative estimate of drug-likeness (QED) is 0.711. The number of nitrogens with zero attached hydrogens (tertiary/aromatic N) is 3. The van der Waals surface area contributed by atoms with E-state index < -0.39 is 29.4 Å². The molecular weight excluding hydrogens is 446 g/mol. The molecule has 3 heterocycles. The summed E-state index contributed by atoms with van der Waals surface area (Å²) in [6, 6.07) is 7.08. The fourth-order valence-corrected chi connectivity index (χ4v) is 4.13. The van der Waals surface area contributed by atoms with Gasteiger partial charge in [-0.25, -0.2) is 14.2 Å². The summed E-state index contributed by atoms with van der Waals surface area (Å²) < 4.78 is 46.6. The predicted molar refractivity (Wildman–Crippen MR) is 119 cm³/mol. The lowest BCUT2D eigenvalue weighted by Gasteiger charge is -2.46. The summed E-state index contributed by atoms with van der Waals surface area (Å²) in [4.78, 5) is 18.2. The van der Waals surface area contributed by atoms with E-state index in [1.807, 2.05) is 26.8 Å². The second-order valence-corrected chi connectivity index (χ2v) is 9.43. The summed E-state index contributed by atoms with van der Waals surface area (Å²) in [6.07, 6.45) is 0.559. The second kappa shape index (κ2) is 9.43. The Hall–Kier alpha value is -3.45. The Bertz CT molecular complexity index is 1100. The zero-order valence-electron chi connectivity index (χ0n) is 19.2. The van der Waals surface area contributed by atoms with E-state index in [1.54, 1.807) is 4.90 Å². The van der Waals surface area contributed by atoms with Gasteiger partial charge in [-0.05, 0) is 45.0 Å². The first-order chi connectivity index (χ1) is 16.1. The van der Waals surface area contributed by atoms with Gasteiger partial charge in [0.2, 0.25) is 5.82 Å². The lowest BCUT2D eigenvalue weighted by molar-refractivity contribution is -0.114. The maximum atomic E-state index is 15.2. The lowest BCUT2D eigenvalue weighted by atomic mass is 9.84. The number of fused-ring (bicyclic) bond motifs is 2. The number of rotatable bonds is 4. The van der Waals surface area contributed by atoms with E-state index in [0.29, 0.717) is 26.3 Å². The monoisotopic (exact) mass is 472 g/mol. The van der Waals surface area contributed by atoms with Gasteiger partial charge < -0.3 is 24.4 Å². The average Bonchev–Trinajstić information content (AvgIpc) is 2.76. The molecule has 0 aliphatic carbocycles. The molecule has 2 aliphatic heterocycles.